The third-order valence-electron chi connectivity index (χ3n) is 4.80. The zero-order valence-electron chi connectivity index (χ0n) is 16.9. The molecular weight excluding hydrogens is 439 g/mol. The maximum absolute atomic E-state index is 12.9. The Morgan fingerprint density at radius 1 is 1.06 bits per heavy atom. The number of rotatable bonds is 6. The van der Waals surface area contributed by atoms with Crippen LogP contribution in [0.5, 0.6) is 0 Å². The zero-order chi connectivity index (χ0) is 22.7. The number of thiophene rings is 1. The molecule has 0 spiro atoms. The van der Waals surface area contributed by atoms with Crippen molar-refractivity contribution >= 4 is 33.3 Å². The lowest BCUT2D eigenvalue weighted by Gasteiger charge is -2.09. The fourth-order valence-corrected chi connectivity index (χ4v) is 4.28. The number of aromatic nitrogens is 3. The van der Waals surface area contributed by atoms with Gasteiger partial charge in [0.25, 0.3) is 5.91 Å². The molecule has 0 saturated carbocycles. The van der Waals surface area contributed by atoms with Crippen molar-refractivity contribution in [3.63, 3.8) is 0 Å². The van der Waals surface area contributed by atoms with Crippen molar-refractivity contribution in [2.45, 2.75) is 26.2 Å². The molecule has 10 heteroatoms. The molecule has 1 aromatic carbocycles. The summed E-state index contributed by atoms with van der Waals surface area (Å²) in [4.78, 5) is 26.7. The van der Waals surface area contributed by atoms with Crippen molar-refractivity contribution in [2.75, 3.05) is 5.32 Å². The maximum Gasteiger partial charge on any atom is 0.416 e. The number of pyridine rings is 1. The van der Waals surface area contributed by atoms with E-state index in [0.29, 0.717) is 33.2 Å². The molecule has 32 heavy (non-hydrogen) atoms. The third kappa shape index (κ3) is 4.70. The Labute approximate surface area is 185 Å². The summed E-state index contributed by atoms with van der Waals surface area (Å²) < 4.78 is 38.7. The number of carbonyl (C=O) groups excluding carboxylic acids is 1. The fraction of sp³-hybridized carbons (Fsp3) is 0.182. The smallest absolute Gasteiger partial charge is 0.364 e. The SMILES string of the molecule is Cc1c(C(=O)NCc2cccc(C(F)(F)F)c2)sc2ncnc(NCc3ccccn3)c12. The maximum atomic E-state index is 12.9. The van der Waals surface area contributed by atoms with Gasteiger partial charge < -0.3 is 10.6 Å². The van der Waals surface area contributed by atoms with Crippen LogP contribution in [0.25, 0.3) is 10.2 Å². The first-order valence-electron chi connectivity index (χ1n) is 9.65. The van der Waals surface area contributed by atoms with Crippen molar-refractivity contribution in [3.8, 4) is 0 Å². The van der Waals surface area contributed by atoms with E-state index in [9.17, 15) is 18.0 Å². The summed E-state index contributed by atoms with van der Waals surface area (Å²) in [5.41, 5.74) is 1.16. The molecule has 3 aromatic heterocycles. The third-order valence-corrected chi connectivity index (χ3v) is 6.00. The van der Waals surface area contributed by atoms with Gasteiger partial charge in [-0.1, -0.05) is 18.2 Å². The average molecular weight is 457 g/mol. The predicted molar refractivity (Wildman–Crippen MR) is 116 cm³/mol. The van der Waals surface area contributed by atoms with Crippen molar-refractivity contribution < 1.29 is 18.0 Å². The molecule has 0 atom stereocenters. The molecule has 2 N–H and O–H groups in total. The van der Waals surface area contributed by atoms with E-state index in [1.54, 1.807) is 19.2 Å². The molecule has 0 radical (unpaired) electrons. The molecule has 0 unspecified atom stereocenters. The number of fused-ring (bicyclic) bond motifs is 1. The molecule has 0 aliphatic rings. The van der Waals surface area contributed by atoms with Crippen LogP contribution < -0.4 is 10.6 Å². The summed E-state index contributed by atoms with van der Waals surface area (Å²) in [6, 6.07) is 10.5. The number of amides is 1. The summed E-state index contributed by atoms with van der Waals surface area (Å²) in [5, 5.41) is 6.66. The summed E-state index contributed by atoms with van der Waals surface area (Å²) in [6.07, 6.45) is -1.31. The predicted octanol–water partition coefficient (Wildman–Crippen LogP) is 4.96. The fourth-order valence-electron chi connectivity index (χ4n) is 3.22. The van der Waals surface area contributed by atoms with Crippen LogP contribution in [0, 0.1) is 6.92 Å². The molecule has 3 heterocycles. The number of nitrogens with one attached hydrogen (secondary N) is 2. The second kappa shape index (κ2) is 8.91. The molecule has 0 aliphatic carbocycles. The van der Waals surface area contributed by atoms with Crippen LogP contribution in [-0.4, -0.2) is 20.9 Å². The number of aryl methyl sites for hydroxylation is 1. The van der Waals surface area contributed by atoms with Crippen LogP contribution in [0.1, 0.15) is 32.1 Å². The molecular formula is C22H18F3N5OS. The van der Waals surface area contributed by atoms with Crippen molar-refractivity contribution in [3.05, 3.63) is 82.3 Å². The standard InChI is InChI=1S/C22H18F3N5OS/c1-13-17-19(27-11-16-7-2-3-8-26-16)29-12-30-21(17)32-18(13)20(31)28-10-14-5-4-6-15(9-14)22(23,24)25/h2-9,12H,10-11H2,1H3,(H,28,31)(H,27,29,30). The number of nitrogens with zero attached hydrogens (tertiary/aromatic N) is 3. The van der Waals surface area contributed by atoms with Gasteiger partial charge in [-0.15, -0.1) is 11.3 Å². The number of halogens is 3. The highest BCUT2D eigenvalue weighted by Gasteiger charge is 2.30. The Bertz CT molecular complexity index is 1260. The molecule has 0 aliphatic heterocycles. The second-order valence-corrected chi connectivity index (χ2v) is 8.01. The van der Waals surface area contributed by atoms with Crippen LogP contribution in [-0.2, 0) is 19.3 Å². The van der Waals surface area contributed by atoms with Gasteiger partial charge in [-0.25, -0.2) is 9.97 Å². The quantitative estimate of drug-likeness (QED) is 0.428. The minimum absolute atomic E-state index is 0.0209. The van der Waals surface area contributed by atoms with Crippen LogP contribution in [0.4, 0.5) is 19.0 Å². The molecule has 0 saturated heterocycles. The van der Waals surface area contributed by atoms with Gasteiger partial charge in [0.15, 0.2) is 0 Å². The minimum atomic E-state index is -4.43. The average Bonchev–Trinajstić information content (AvgIpc) is 3.13. The number of carbonyl (C=O) groups is 1. The minimum Gasteiger partial charge on any atom is -0.364 e. The van der Waals surface area contributed by atoms with Gasteiger partial charge in [0.2, 0.25) is 0 Å². The normalized spacial score (nSPS) is 11.5. The summed E-state index contributed by atoms with van der Waals surface area (Å²) in [6.45, 7) is 2.24. The summed E-state index contributed by atoms with van der Waals surface area (Å²) in [5.74, 6) is 0.213. The van der Waals surface area contributed by atoms with Gasteiger partial charge in [-0.05, 0) is 42.3 Å². The van der Waals surface area contributed by atoms with E-state index in [1.807, 2.05) is 18.2 Å². The first-order valence-corrected chi connectivity index (χ1v) is 10.5. The Morgan fingerprint density at radius 2 is 1.91 bits per heavy atom. The first-order chi connectivity index (χ1) is 15.3. The monoisotopic (exact) mass is 457 g/mol. The van der Waals surface area contributed by atoms with Gasteiger partial charge in [-0.2, -0.15) is 13.2 Å². The highest BCUT2D eigenvalue weighted by Crippen LogP contribution is 2.33. The molecule has 0 fully saturated rings. The Kier molecular flexibility index (Phi) is 6.04. The number of hydrogen-bond acceptors (Lipinski definition) is 6. The Balaban J connectivity index is 1.52. The second-order valence-electron chi connectivity index (χ2n) is 7.01. The number of alkyl halides is 3. The lowest BCUT2D eigenvalue weighted by Crippen LogP contribution is -2.22. The number of benzene rings is 1. The summed E-state index contributed by atoms with van der Waals surface area (Å²) in [7, 11) is 0. The van der Waals surface area contributed by atoms with E-state index >= 15 is 0 Å². The van der Waals surface area contributed by atoms with E-state index in [1.165, 1.54) is 23.7 Å². The zero-order valence-corrected chi connectivity index (χ0v) is 17.7. The molecule has 164 valence electrons. The van der Waals surface area contributed by atoms with E-state index < -0.39 is 11.7 Å². The van der Waals surface area contributed by atoms with Crippen LogP contribution >= 0.6 is 11.3 Å². The number of anilines is 1. The van der Waals surface area contributed by atoms with E-state index in [2.05, 4.69) is 25.6 Å². The van der Waals surface area contributed by atoms with Crippen LogP contribution in [0.15, 0.2) is 55.0 Å². The Morgan fingerprint density at radius 3 is 2.66 bits per heavy atom. The van der Waals surface area contributed by atoms with E-state index in [0.717, 1.165) is 23.2 Å². The molecule has 1 amide bonds. The van der Waals surface area contributed by atoms with Gasteiger partial charge in [0, 0.05) is 12.7 Å². The van der Waals surface area contributed by atoms with Gasteiger partial charge >= 0.3 is 6.18 Å². The van der Waals surface area contributed by atoms with Gasteiger partial charge in [0.1, 0.15) is 17.0 Å². The number of hydrogen-bond donors (Lipinski definition) is 2. The van der Waals surface area contributed by atoms with Gasteiger partial charge in [0.05, 0.1) is 28.1 Å². The topological polar surface area (TPSA) is 79.8 Å². The summed E-state index contributed by atoms with van der Waals surface area (Å²) >= 11 is 1.21. The molecule has 4 rings (SSSR count). The molecule has 6 nitrogen and oxygen atoms in total. The van der Waals surface area contributed by atoms with Crippen molar-refractivity contribution in [1.29, 1.82) is 0 Å². The van der Waals surface area contributed by atoms with Gasteiger partial charge in [-0.3, -0.25) is 9.78 Å². The lowest BCUT2D eigenvalue weighted by atomic mass is 10.1. The largest absolute Gasteiger partial charge is 0.416 e. The lowest BCUT2D eigenvalue weighted by molar-refractivity contribution is -0.137. The molecule has 0 bridgehead atoms. The first kappa shape index (κ1) is 21.7. The van der Waals surface area contributed by atoms with E-state index in [-0.39, 0.29) is 12.5 Å². The van der Waals surface area contributed by atoms with Crippen molar-refractivity contribution in [2.24, 2.45) is 0 Å². The highest BCUT2D eigenvalue weighted by atomic mass is 32.1. The van der Waals surface area contributed by atoms with Crippen molar-refractivity contribution in [1.82, 2.24) is 20.3 Å². The molecule has 4 aromatic rings. The van der Waals surface area contributed by atoms with Crippen LogP contribution in [0.2, 0.25) is 0 Å². The van der Waals surface area contributed by atoms with Crippen LogP contribution in [0.3, 0.4) is 0 Å². The van der Waals surface area contributed by atoms with E-state index in [4.69, 9.17) is 0 Å². The highest BCUT2D eigenvalue weighted by molar-refractivity contribution is 7.20. The Hall–Kier alpha value is -3.53.